The van der Waals surface area contributed by atoms with Crippen LogP contribution >= 0.6 is 0 Å². The molecular formula is C20H16N6O4S. The van der Waals surface area contributed by atoms with Gasteiger partial charge in [0.25, 0.3) is 15.7 Å². The molecule has 0 fully saturated rings. The van der Waals surface area contributed by atoms with Gasteiger partial charge in [-0.2, -0.15) is 0 Å². The van der Waals surface area contributed by atoms with Crippen molar-refractivity contribution in [1.29, 1.82) is 0 Å². The topological polar surface area (TPSA) is 153 Å². The number of anilines is 4. The lowest BCUT2D eigenvalue weighted by Crippen LogP contribution is -2.16. The minimum absolute atomic E-state index is 0.0196. The third-order valence-corrected chi connectivity index (χ3v) is 5.69. The molecule has 4 rings (SSSR count). The molecule has 1 aromatic heterocycles. The smallest absolute Gasteiger partial charge is 0.269 e. The number of fused-ring (bicyclic) bond motifs is 1. The number of non-ortho nitro benzene ring substituents is 1. The molecule has 4 aromatic rings. The lowest BCUT2D eigenvalue weighted by Gasteiger charge is -2.14. The second kappa shape index (κ2) is 7.88. The van der Waals surface area contributed by atoms with E-state index in [9.17, 15) is 18.5 Å². The Kier molecular flexibility index (Phi) is 5.09. The molecule has 0 saturated heterocycles. The zero-order valence-corrected chi connectivity index (χ0v) is 16.7. The Hall–Kier alpha value is -4.25. The van der Waals surface area contributed by atoms with Crippen molar-refractivity contribution in [2.75, 3.05) is 15.8 Å². The van der Waals surface area contributed by atoms with Gasteiger partial charge in [-0.05, 0) is 48.5 Å². The Morgan fingerprint density at radius 3 is 2.00 bits per heavy atom. The molecule has 156 valence electrons. The largest absolute Gasteiger partial charge is 0.399 e. The van der Waals surface area contributed by atoms with Crippen LogP contribution in [0.2, 0.25) is 0 Å². The van der Waals surface area contributed by atoms with E-state index >= 15 is 0 Å². The molecule has 0 amide bonds. The number of para-hydroxylation sites is 2. The highest BCUT2D eigenvalue weighted by Gasteiger charge is 2.20. The number of nitrogens with one attached hydrogen (secondary N) is 2. The summed E-state index contributed by atoms with van der Waals surface area (Å²) in [5, 5.41) is 13.9. The lowest BCUT2D eigenvalue weighted by molar-refractivity contribution is -0.384. The van der Waals surface area contributed by atoms with Gasteiger partial charge in [-0.1, -0.05) is 12.1 Å². The van der Waals surface area contributed by atoms with E-state index in [1.54, 1.807) is 48.5 Å². The molecule has 31 heavy (non-hydrogen) atoms. The summed E-state index contributed by atoms with van der Waals surface area (Å²) in [6.07, 6.45) is 0. The summed E-state index contributed by atoms with van der Waals surface area (Å²) in [6, 6.07) is 18.4. The standard InChI is InChI=1S/C20H16N6O4S/c21-13-5-7-14(8-6-13)22-19-20(24-18-4-2-1-3-17(18)23-19)25-31(29,30)16-11-9-15(10-12-16)26(27)28/h1-12H,21H2,(H,22,23)(H,24,25). The maximum atomic E-state index is 12.9. The van der Waals surface area contributed by atoms with Crippen LogP contribution in [0.25, 0.3) is 11.0 Å². The van der Waals surface area contributed by atoms with Crippen molar-refractivity contribution in [2.45, 2.75) is 4.90 Å². The number of nitrogens with two attached hydrogens (primary N) is 1. The van der Waals surface area contributed by atoms with E-state index in [0.717, 1.165) is 24.3 Å². The Balaban J connectivity index is 1.74. The average Bonchev–Trinajstić information content (AvgIpc) is 2.75. The molecule has 0 aliphatic heterocycles. The molecule has 0 aliphatic rings. The van der Waals surface area contributed by atoms with Gasteiger partial charge < -0.3 is 11.1 Å². The molecule has 0 spiro atoms. The van der Waals surface area contributed by atoms with Gasteiger partial charge in [-0.3, -0.25) is 14.8 Å². The van der Waals surface area contributed by atoms with Crippen LogP contribution in [0.4, 0.5) is 28.7 Å². The number of rotatable bonds is 6. The molecule has 0 unspecified atom stereocenters. The fraction of sp³-hybridized carbons (Fsp3) is 0. The quantitative estimate of drug-likeness (QED) is 0.235. The van der Waals surface area contributed by atoms with Crippen molar-refractivity contribution < 1.29 is 13.3 Å². The highest BCUT2D eigenvalue weighted by Crippen LogP contribution is 2.27. The Labute approximate surface area is 177 Å². The van der Waals surface area contributed by atoms with Crippen LogP contribution < -0.4 is 15.8 Å². The maximum absolute atomic E-state index is 12.9. The second-order valence-electron chi connectivity index (χ2n) is 6.51. The van der Waals surface area contributed by atoms with E-state index < -0.39 is 14.9 Å². The summed E-state index contributed by atoms with van der Waals surface area (Å²) < 4.78 is 28.2. The fourth-order valence-electron chi connectivity index (χ4n) is 2.79. The molecular weight excluding hydrogens is 420 g/mol. The SMILES string of the molecule is Nc1ccc(Nc2nc3ccccc3nc2NS(=O)(=O)c2ccc([N+](=O)[O-])cc2)cc1. The van der Waals surface area contributed by atoms with Gasteiger partial charge in [-0.15, -0.1) is 0 Å². The molecule has 0 bridgehead atoms. The van der Waals surface area contributed by atoms with E-state index in [2.05, 4.69) is 20.0 Å². The number of nitrogens with zero attached hydrogens (tertiary/aromatic N) is 3. The number of aromatic nitrogens is 2. The number of nitrogen functional groups attached to an aromatic ring is 1. The molecule has 4 N–H and O–H groups in total. The molecule has 3 aromatic carbocycles. The Morgan fingerprint density at radius 1 is 0.839 bits per heavy atom. The number of nitro groups is 1. The van der Waals surface area contributed by atoms with E-state index in [0.29, 0.717) is 22.4 Å². The molecule has 0 saturated carbocycles. The van der Waals surface area contributed by atoms with Crippen molar-refractivity contribution >= 4 is 49.8 Å². The summed E-state index contributed by atoms with van der Waals surface area (Å²) >= 11 is 0. The van der Waals surface area contributed by atoms with Gasteiger partial charge >= 0.3 is 0 Å². The van der Waals surface area contributed by atoms with Gasteiger partial charge in [-0.25, -0.2) is 18.4 Å². The normalized spacial score (nSPS) is 11.2. The van der Waals surface area contributed by atoms with Crippen LogP contribution in [-0.4, -0.2) is 23.3 Å². The Morgan fingerprint density at radius 2 is 1.42 bits per heavy atom. The minimum atomic E-state index is -4.08. The molecule has 1 heterocycles. The zero-order chi connectivity index (χ0) is 22.0. The molecule has 11 heteroatoms. The summed E-state index contributed by atoms with van der Waals surface area (Å²) in [7, 11) is -4.08. The third-order valence-electron chi connectivity index (χ3n) is 4.33. The first-order valence-electron chi connectivity index (χ1n) is 8.98. The first-order valence-corrected chi connectivity index (χ1v) is 10.5. The molecule has 0 atom stereocenters. The zero-order valence-electron chi connectivity index (χ0n) is 15.9. The van der Waals surface area contributed by atoms with E-state index in [1.165, 1.54) is 0 Å². The minimum Gasteiger partial charge on any atom is -0.399 e. The van der Waals surface area contributed by atoms with Crippen LogP contribution in [0, 0.1) is 10.1 Å². The number of hydrogen-bond donors (Lipinski definition) is 3. The number of nitro benzene ring substituents is 1. The van der Waals surface area contributed by atoms with Crippen LogP contribution in [0.1, 0.15) is 0 Å². The van der Waals surface area contributed by atoms with Crippen molar-refractivity contribution in [2.24, 2.45) is 0 Å². The van der Waals surface area contributed by atoms with E-state index in [1.807, 2.05) is 0 Å². The number of benzene rings is 3. The summed E-state index contributed by atoms with van der Waals surface area (Å²) in [5.74, 6) is 0.169. The molecule has 10 nitrogen and oxygen atoms in total. The third kappa shape index (κ3) is 4.36. The van der Waals surface area contributed by atoms with Crippen LogP contribution in [0.15, 0.2) is 77.7 Å². The highest BCUT2D eigenvalue weighted by molar-refractivity contribution is 7.92. The van der Waals surface area contributed by atoms with Crippen molar-refractivity contribution in [3.05, 3.63) is 82.9 Å². The van der Waals surface area contributed by atoms with Gasteiger partial charge in [0, 0.05) is 23.5 Å². The van der Waals surface area contributed by atoms with Gasteiger partial charge in [0.05, 0.1) is 20.9 Å². The van der Waals surface area contributed by atoms with Crippen LogP contribution in [-0.2, 0) is 10.0 Å². The van der Waals surface area contributed by atoms with Gasteiger partial charge in [0.1, 0.15) is 0 Å². The van der Waals surface area contributed by atoms with Gasteiger partial charge in [0.2, 0.25) is 0 Å². The summed E-state index contributed by atoms with van der Waals surface area (Å²) in [6.45, 7) is 0. The average molecular weight is 436 g/mol. The van der Waals surface area contributed by atoms with Crippen molar-refractivity contribution in [3.63, 3.8) is 0 Å². The first kappa shape index (κ1) is 20.0. The highest BCUT2D eigenvalue weighted by atomic mass is 32.2. The van der Waals surface area contributed by atoms with E-state index in [4.69, 9.17) is 5.73 Å². The summed E-state index contributed by atoms with van der Waals surface area (Å²) in [4.78, 5) is 19.0. The Bertz CT molecular complexity index is 1370. The molecule has 0 aliphatic carbocycles. The maximum Gasteiger partial charge on any atom is 0.269 e. The molecule has 0 radical (unpaired) electrons. The summed E-state index contributed by atoms with van der Waals surface area (Å²) in [5.41, 5.74) is 7.77. The lowest BCUT2D eigenvalue weighted by atomic mass is 10.3. The van der Waals surface area contributed by atoms with Crippen LogP contribution in [0.5, 0.6) is 0 Å². The fourth-order valence-corrected chi connectivity index (χ4v) is 3.80. The second-order valence-corrected chi connectivity index (χ2v) is 8.20. The predicted octanol–water partition coefficient (Wildman–Crippen LogP) is 3.66. The van der Waals surface area contributed by atoms with Crippen molar-refractivity contribution in [3.8, 4) is 0 Å². The predicted molar refractivity (Wildman–Crippen MR) is 118 cm³/mol. The van der Waals surface area contributed by atoms with Crippen molar-refractivity contribution in [1.82, 2.24) is 9.97 Å². The van der Waals surface area contributed by atoms with Crippen LogP contribution in [0.3, 0.4) is 0 Å². The van der Waals surface area contributed by atoms with Gasteiger partial charge in [0.15, 0.2) is 11.6 Å². The monoisotopic (exact) mass is 436 g/mol. The number of hydrogen-bond acceptors (Lipinski definition) is 8. The number of sulfonamides is 1. The van der Waals surface area contributed by atoms with E-state index in [-0.39, 0.29) is 22.2 Å². The first-order chi connectivity index (χ1) is 14.8.